The molecule has 4 aromatic carbocycles. The summed E-state index contributed by atoms with van der Waals surface area (Å²) < 4.78 is 73.5. The first kappa shape index (κ1) is 36.8. The molecule has 4 amide bonds. The first-order valence-corrected chi connectivity index (χ1v) is 17.7. The third kappa shape index (κ3) is 4.98. The maximum absolute atomic E-state index is 15.3. The number of phenolic OH excluding ortho intramolecular Hbond substituents is 1. The summed E-state index contributed by atoms with van der Waals surface area (Å²) in [6, 6.07) is 17.7. The minimum absolute atomic E-state index is 0.00877. The van der Waals surface area contributed by atoms with Crippen LogP contribution in [0.25, 0.3) is 0 Å². The van der Waals surface area contributed by atoms with E-state index in [4.69, 9.17) is 34.8 Å². The molecule has 0 spiro atoms. The third-order valence-corrected chi connectivity index (χ3v) is 12.6. The molecule has 55 heavy (non-hydrogen) atoms. The van der Waals surface area contributed by atoms with Gasteiger partial charge in [0.05, 0.1) is 17.5 Å². The first-order chi connectivity index (χ1) is 26.0. The average Bonchev–Trinajstić information content (AvgIpc) is 3.52. The zero-order valence-electron chi connectivity index (χ0n) is 27.6. The Morgan fingerprint density at radius 3 is 1.96 bits per heavy atom. The highest BCUT2D eigenvalue weighted by molar-refractivity contribution is 6.58. The van der Waals surface area contributed by atoms with E-state index in [0.29, 0.717) is 5.56 Å². The van der Waals surface area contributed by atoms with Gasteiger partial charge in [0.2, 0.25) is 17.6 Å². The summed E-state index contributed by atoms with van der Waals surface area (Å²) in [6.45, 7) is 0. The van der Waals surface area contributed by atoms with Crippen molar-refractivity contribution in [2.45, 2.75) is 28.5 Å². The maximum Gasteiger partial charge on any atom is 0.258 e. The van der Waals surface area contributed by atoms with Crippen LogP contribution in [0.4, 0.5) is 33.3 Å². The van der Waals surface area contributed by atoms with Gasteiger partial charge in [-0.1, -0.05) is 53.6 Å². The normalized spacial score (nSPS) is 27.2. The standard InChI is InChI=1S/C39H22Cl3F5N2O6/c40-18-8-13-24(50)22(14-18)26-20-11-12-21-25(35(53)48(34(21)52)19-9-6-17(7-10-19)33(51)16-4-2-1-3-5-16)23(20)15-38(41)36(54)49(37(55)39(26,38)42)32-30(46)28(44)27(43)29(45)31(32)47/h1-11,13-14,21,23,25-26,50H,12,15H2/t21-,23+,25-,26+,38+,39-/m0/s1. The molecule has 2 saturated heterocycles. The van der Waals surface area contributed by atoms with E-state index in [-0.39, 0.29) is 44.5 Å². The van der Waals surface area contributed by atoms with E-state index in [1.807, 2.05) is 0 Å². The Morgan fingerprint density at radius 1 is 0.727 bits per heavy atom. The van der Waals surface area contributed by atoms with Gasteiger partial charge in [-0.3, -0.25) is 28.9 Å². The van der Waals surface area contributed by atoms with Crippen molar-refractivity contribution in [1.82, 2.24) is 0 Å². The third-order valence-electron chi connectivity index (χ3n) is 10.9. The molecule has 8 rings (SSSR count). The van der Waals surface area contributed by atoms with Crippen molar-refractivity contribution >= 4 is 75.6 Å². The number of ketones is 1. The van der Waals surface area contributed by atoms with E-state index < -0.39 is 104 Å². The second-order valence-electron chi connectivity index (χ2n) is 13.6. The van der Waals surface area contributed by atoms with Gasteiger partial charge < -0.3 is 5.11 Å². The fourth-order valence-corrected chi connectivity index (χ4v) is 9.55. The summed E-state index contributed by atoms with van der Waals surface area (Å²) in [5.41, 5.74) is -1.19. The van der Waals surface area contributed by atoms with Crippen molar-refractivity contribution in [2.75, 3.05) is 9.80 Å². The van der Waals surface area contributed by atoms with Crippen LogP contribution in [-0.4, -0.2) is 44.3 Å². The molecule has 0 radical (unpaired) electrons. The number of phenols is 1. The van der Waals surface area contributed by atoms with Gasteiger partial charge in [0.15, 0.2) is 38.8 Å². The van der Waals surface area contributed by atoms with E-state index >= 15 is 8.78 Å². The van der Waals surface area contributed by atoms with Gasteiger partial charge in [-0.25, -0.2) is 26.9 Å². The number of rotatable bonds is 5. The molecule has 4 aromatic rings. The molecule has 16 heteroatoms. The van der Waals surface area contributed by atoms with Crippen LogP contribution in [0.3, 0.4) is 0 Å². The molecule has 2 aliphatic heterocycles. The van der Waals surface area contributed by atoms with Crippen molar-refractivity contribution in [3.05, 3.63) is 135 Å². The smallest absolute Gasteiger partial charge is 0.258 e. The van der Waals surface area contributed by atoms with Crippen molar-refractivity contribution < 1.29 is 51.0 Å². The topological polar surface area (TPSA) is 112 Å². The number of halogens is 8. The summed E-state index contributed by atoms with van der Waals surface area (Å²) in [5, 5.41) is 11.1. The second kappa shape index (κ2) is 12.7. The Hall–Kier alpha value is -5.11. The van der Waals surface area contributed by atoms with Crippen LogP contribution in [0.2, 0.25) is 5.02 Å². The van der Waals surface area contributed by atoms with Crippen molar-refractivity contribution in [3.63, 3.8) is 0 Å². The molecule has 2 heterocycles. The predicted octanol–water partition coefficient (Wildman–Crippen LogP) is 7.74. The van der Waals surface area contributed by atoms with Crippen molar-refractivity contribution in [1.29, 1.82) is 0 Å². The van der Waals surface area contributed by atoms with Gasteiger partial charge in [0.25, 0.3) is 11.8 Å². The Morgan fingerprint density at radius 2 is 1.33 bits per heavy atom. The molecule has 0 bridgehead atoms. The number of nitrogens with zero attached hydrogens (tertiary/aromatic N) is 2. The quantitative estimate of drug-likeness (QED) is 0.0420. The summed E-state index contributed by atoms with van der Waals surface area (Å²) in [7, 11) is 0. The minimum atomic E-state index is -2.82. The summed E-state index contributed by atoms with van der Waals surface area (Å²) >= 11 is 20.5. The van der Waals surface area contributed by atoms with Gasteiger partial charge in [-0.15, -0.1) is 23.2 Å². The highest BCUT2D eigenvalue weighted by Crippen LogP contribution is 2.67. The summed E-state index contributed by atoms with van der Waals surface area (Å²) in [6.07, 6.45) is 0.648. The number of amides is 4. The molecule has 0 unspecified atom stereocenters. The highest BCUT2D eigenvalue weighted by Gasteiger charge is 2.77. The Balaban J connectivity index is 1.24. The number of fused-ring (bicyclic) bond motifs is 4. The number of hydrogen-bond acceptors (Lipinski definition) is 6. The Kier molecular flexibility index (Phi) is 8.52. The molecular weight excluding hydrogens is 794 g/mol. The number of carbonyl (C=O) groups excluding carboxylic acids is 5. The number of alkyl halides is 2. The van der Waals surface area contributed by atoms with Crippen LogP contribution in [0.1, 0.15) is 40.2 Å². The fourth-order valence-electron chi connectivity index (χ4n) is 8.44. The average molecular weight is 816 g/mol. The van der Waals surface area contributed by atoms with E-state index in [2.05, 4.69) is 0 Å². The molecule has 2 aliphatic carbocycles. The molecular formula is C39H22Cl3F5N2O6. The van der Waals surface area contributed by atoms with E-state index in [1.165, 1.54) is 42.5 Å². The Labute approximate surface area is 322 Å². The van der Waals surface area contributed by atoms with Gasteiger partial charge >= 0.3 is 0 Å². The number of allylic oxidation sites excluding steroid dienone is 2. The molecule has 0 aromatic heterocycles. The molecule has 1 N–H and O–H groups in total. The first-order valence-electron chi connectivity index (χ1n) is 16.6. The van der Waals surface area contributed by atoms with Crippen LogP contribution in [0.5, 0.6) is 5.75 Å². The maximum atomic E-state index is 15.3. The van der Waals surface area contributed by atoms with Gasteiger partial charge in [-0.2, -0.15) is 0 Å². The number of anilines is 2. The summed E-state index contributed by atoms with van der Waals surface area (Å²) in [5.74, 6) is -23.3. The van der Waals surface area contributed by atoms with Crippen molar-refractivity contribution in [2.24, 2.45) is 17.8 Å². The minimum Gasteiger partial charge on any atom is -0.508 e. The molecule has 1 saturated carbocycles. The molecule has 8 nitrogen and oxygen atoms in total. The molecule has 3 fully saturated rings. The SMILES string of the molecule is O=C(c1ccccc1)c1ccc(N2C(=O)[C@H]3[C@H](CC=C4[C@H]3C[C@@]3(Cl)C(=O)N(c5c(F)c(F)c(F)c(F)c5F)C(=O)[C@@]3(Cl)[C@H]4c3cc(Cl)ccc3O)C2=O)cc1. The number of aromatic hydroxyl groups is 1. The van der Waals surface area contributed by atoms with E-state index in [1.54, 1.807) is 30.3 Å². The number of imide groups is 2. The van der Waals surface area contributed by atoms with Gasteiger partial charge in [-0.05, 0) is 61.2 Å². The van der Waals surface area contributed by atoms with Crippen LogP contribution in [0, 0.1) is 46.8 Å². The molecule has 280 valence electrons. The number of benzene rings is 4. The van der Waals surface area contributed by atoms with Gasteiger partial charge in [0.1, 0.15) is 11.4 Å². The Bertz CT molecular complexity index is 2420. The van der Waals surface area contributed by atoms with Crippen LogP contribution >= 0.6 is 34.8 Å². The fraction of sp³-hybridized carbons (Fsp3) is 0.205. The van der Waals surface area contributed by atoms with Gasteiger partial charge in [0, 0.05) is 27.6 Å². The van der Waals surface area contributed by atoms with E-state index in [0.717, 1.165) is 11.0 Å². The lowest BCUT2D eigenvalue weighted by molar-refractivity contribution is -0.125. The van der Waals surface area contributed by atoms with Crippen molar-refractivity contribution in [3.8, 4) is 5.75 Å². The highest BCUT2D eigenvalue weighted by atomic mass is 35.5. The number of hydrogen-bond donors (Lipinski definition) is 1. The van der Waals surface area contributed by atoms with Crippen LogP contribution in [0.15, 0.2) is 84.4 Å². The zero-order valence-corrected chi connectivity index (χ0v) is 29.9. The molecule has 6 atom stereocenters. The predicted molar refractivity (Wildman–Crippen MR) is 188 cm³/mol. The summed E-state index contributed by atoms with van der Waals surface area (Å²) in [4.78, 5) is 65.1. The molecule has 4 aliphatic rings. The lowest BCUT2D eigenvalue weighted by Crippen LogP contribution is -2.60. The zero-order chi connectivity index (χ0) is 39.5. The largest absolute Gasteiger partial charge is 0.508 e. The number of carbonyl (C=O) groups is 5. The lowest BCUT2D eigenvalue weighted by Gasteiger charge is -2.50. The monoisotopic (exact) mass is 814 g/mol. The second-order valence-corrected chi connectivity index (χ2v) is 15.3. The van der Waals surface area contributed by atoms with Crippen LogP contribution < -0.4 is 9.80 Å². The lowest BCUT2D eigenvalue weighted by atomic mass is 9.56. The van der Waals surface area contributed by atoms with Crippen LogP contribution in [-0.2, 0) is 19.2 Å². The van der Waals surface area contributed by atoms with E-state index in [9.17, 15) is 42.3 Å².